The van der Waals surface area contributed by atoms with E-state index in [4.69, 9.17) is 13.6 Å². The van der Waals surface area contributed by atoms with E-state index in [9.17, 15) is 5.11 Å². The van der Waals surface area contributed by atoms with Crippen LogP contribution in [-0.2, 0) is 13.6 Å². The predicted octanol–water partition coefficient (Wildman–Crippen LogP) is 10.8. The molecule has 254 valence electrons. The van der Waals surface area contributed by atoms with Crippen molar-refractivity contribution in [2.45, 2.75) is 181 Å². The summed E-state index contributed by atoms with van der Waals surface area (Å²) in [5.74, 6) is 1.16. The van der Waals surface area contributed by atoms with Gasteiger partial charge in [0.25, 0.3) is 0 Å². The summed E-state index contributed by atoms with van der Waals surface area (Å²) in [7, 11) is -3.92. The van der Waals surface area contributed by atoms with Crippen LogP contribution in [0.5, 0.6) is 0 Å². The summed E-state index contributed by atoms with van der Waals surface area (Å²) < 4.78 is 20.5. The van der Waals surface area contributed by atoms with Crippen molar-refractivity contribution in [2.75, 3.05) is 6.61 Å². The molecule has 6 atom stereocenters. The summed E-state index contributed by atoms with van der Waals surface area (Å²) in [5, 5.41) is 10.5. The molecule has 3 fully saturated rings. The van der Waals surface area contributed by atoms with Gasteiger partial charge in [-0.25, -0.2) is 0 Å². The van der Waals surface area contributed by atoms with Crippen molar-refractivity contribution in [3.8, 4) is 0 Å². The third-order valence-electron chi connectivity index (χ3n) is 12.4. The molecule has 0 amide bonds. The van der Waals surface area contributed by atoms with Crippen LogP contribution >= 0.6 is 0 Å². The Bertz CT molecular complexity index is 1070. The van der Waals surface area contributed by atoms with Gasteiger partial charge in [-0.15, -0.1) is 0 Å². The maximum Gasteiger partial charge on any atom is 0.192 e. The van der Waals surface area contributed by atoms with Crippen LogP contribution in [0.1, 0.15) is 121 Å². The van der Waals surface area contributed by atoms with Crippen molar-refractivity contribution in [3.63, 3.8) is 0 Å². The first-order chi connectivity index (χ1) is 19.9. The second kappa shape index (κ2) is 13.5. The molecule has 0 bridgehead atoms. The van der Waals surface area contributed by atoms with E-state index in [1.54, 1.807) is 5.57 Å². The Kier molecular flexibility index (Phi) is 11.7. The summed E-state index contributed by atoms with van der Waals surface area (Å²) in [4.78, 5) is 0. The van der Waals surface area contributed by atoms with Crippen LogP contribution in [-0.4, -0.2) is 52.3 Å². The van der Waals surface area contributed by atoms with Gasteiger partial charge in [0, 0.05) is 13.0 Å². The van der Waals surface area contributed by atoms with E-state index in [0.29, 0.717) is 24.9 Å². The number of hydrogen-bond donors (Lipinski definition) is 1. The Labute approximate surface area is 274 Å². The van der Waals surface area contributed by atoms with E-state index in [1.165, 1.54) is 43.3 Å². The lowest BCUT2D eigenvalue weighted by Gasteiger charge is -2.45. The molecule has 6 heteroatoms. The van der Waals surface area contributed by atoms with Gasteiger partial charge in [0.1, 0.15) is 0 Å². The zero-order chi connectivity index (χ0) is 33.5. The summed E-state index contributed by atoms with van der Waals surface area (Å²) >= 11 is 0. The molecule has 3 rings (SSSR count). The van der Waals surface area contributed by atoms with E-state index >= 15 is 0 Å². The van der Waals surface area contributed by atoms with Gasteiger partial charge in [0.2, 0.25) is 0 Å². The number of aliphatic hydroxyl groups is 1. The first-order valence-corrected chi connectivity index (χ1v) is 23.5. The Morgan fingerprint density at radius 3 is 2.11 bits per heavy atom. The monoisotopic (exact) mass is 646 g/mol. The standard InChI is InChI=1S/C38H70O4Si2/c1-27-30(25-31(41-43(12,13)35(3,4)5)26-34(27)42-44(14,15)36(6,7)8)19-18-29-17-16-22-38(11)32(20-21-33(29)38)28(2)40-24-23-37(9,10)39/h18-19,28,31-34,39H,1,16-17,20-26H2,2-15H3/t28-,31+,32+,33?,34-,38+/m0/s1. The molecule has 0 spiro atoms. The van der Waals surface area contributed by atoms with E-state index in [1.807, 2.05) is 13.8 Å². The molecule has 0 heterocycles. The van der Waals surface area contributed by atoms with Crippen LogP contribution in [0.15, 0.2) is 35.5 Å². The van der Waals surface area contributed by atoms with Crippen molar-refractivity contribution in [2.24, 2.45) is 17.3 Å². The van der Waals surface area contributed by atoms with Crippen LogP contribution in [0.3, 0.4) is 0 Å². The second-order valence-corrected chi connectivity index (χ2v) is 28.0. The largest absolute Gasteiger partial charge is 0.413 e. The molecule has 0 saturated heterocycles. The highest BCUT2D eigenvalue weighted by atomic mass is 28.4. The number of rotatable bonds is 10. The lowest BCUT2D eigenvalue weighted by Crippen LogP contribution is -2.49. The minimum atomic E-state index is -1.98. The average molecular weight is 647 g/mol. The fraction of sp³-hybridized carbons (Fsp3) is 0.842. The number of hydrogen-bond acceptors (Lipinski definition) is 4. The van der Waals surface area contributed by atoms with Gasteiger partial charge < -0.3 is 18.7 Å². The molecule has 1 unspecified atom stereocenters. The molecule has 3 saturated carbocycles. The van der Waals surface area contributed by atoms with Gasteiger partial charge in [-0.2, -0.15) is 0 Å². The minimum absolute atomic E-state index is 0.0124. The third-order valence-corrected chi connectivity index (χ3v) is 21.5. The smallest absolute Gasteiger partial charge is 0.192 e. The fourth-order valence-electron chi connectivity index (χ4n) is 7.43. The van der Waals surface area contributed by atoms with Crippen LogP contribution < -0.4 is 0 Å². The molecule has 0 aromatic heterocycles. The second-order valence-electron chi connectivity index (χ2n) is 18.5. The Morgan fingerprint density at radius 2 is 1.55 bits per heavy atom. The Morgan fingerprint density at radius 1 is 0.955 bits per heavy atom. The first kappa shape index (κ1) is 37.9. The molecular formula is C38H70O4Si2. The third kappa shape index (κ3) is 8.89. The average Bonchev–Trinajstić information content (AvgIpc) is 3.20. The molecule has 44 heavy (non-hydrogen) atoms. The van der Waals surface area contributed by atoms with Gasteiger partial charge in [0.05, 0.1) is 23.9 Å². The summed E-state index contributed by atoms with van der Waals surface area (Å²) in [6.45, 7) is 37.2. The molecule has 0 aliphatic heterocycles. The highest BCUT2D eigenvalue weighted by Crippen LogP contribution is 2.58. The predicted molar refractivity (Wildman–Crippen MR) is 193 cm³/mol. The normalized spacial score (nSPS) is 31.9. The molecule has 3 aliphatic rings. The summed E-state index contributed by atoms with van der Waals surface area (Å²) in [5.41, 5.74) is 3.68. The van der Waals surface area contributed by atoms with Gasteiger partial charge in [0.15, 0.2) is 16.6 Å². The number of fused-ring (bicyclic) bond motifs is 1. The van der Waals surface area contributed by atoms with E-state index in [2.05, 4.69) is 100 Å². The van der Waals surface area contributed by atoms with Gasteiger partial charge in [-0.3, -0.25) is 0 Å². The van der Waals surface area contributed by atoms with Crippen molar-refractivity contribution in [1.82, 2.24) is 0 Å². The maximum absolute atomic E-state index is 10.2. The molecular weight excluding hydrogens is 577 g/mol. The maximum atomic E-state index is 10.2. The summed E-state index contributed by atoms with van der Waals surface area (Å²) in [6.07, 6.45) is 13.9. The van der Waals surface area contributed by atoms with Gasteiger partial charge in [-0.05, 0) is 130 Å². The number of allylic oxidation sites excluding steroid dienone is 3. The van der Waals surface area contributed by atoms with Gasteiger partial charge in [-0.1, -0.05) is 72.8 Å². The highest BCUT2D eigenvalue weighted by Gasteiger charge is 2.51. The van der Waals surface area contributed by atoms with Crippen molar-refractivity contribution in [1.29, 1.82) is 0 Å². The minimum Gasteiger partial charge on any atom is -0.413 e. The molecule has 1 N–H and O–H groups in total. The van der Waals surface area contributed by atoms with Crippen LogP contribution in [0, 0.1) is 17.3 Å². The molecule has 0 aromatic rings. The Hall–Kier alpha value is -0.506. The Balaban J connectivity index is 1.86. The van der Waals surface area contributed by atoms with Crippen molar-refractivity contribution < 1.29 is 18.7 Å². The van der Waals surface area contributed by atoms with E-state index in [0.717, 1.165) is 12.8 Å². The zero-order valence-electron chi connectivity index (χ0n) is 31.3. The molecule has 0 aromatic carbocycles. The lowest BCUT2D eigenvalue weighted by atomic mass is 9.62. The quantitative estimate of drug-likeness (QED) is 0.240. The topological polar surface area (TPSA) is 47.9 Å². The van der Waals surface area contributed by atoms with Crippen LogP contribution in [0.2, 0.25) is 36.3 Å². The van der Waals surface area contributed by atoms with Crippen molar-refractivity contribution >= 4 is 16.6 Å². The molecule has 3 aliphatic carbocycles. The lowest BCUT2D eigenvalue weighted by molar-refractivity contribution is -0.0454. The highest BCUT2D eigenvalue weighted by molar-refractivity contribution is 6.74. The first-order valence-electron chi connectivity index (χ1n) is 17.7. The van der Waals surface area contributed by atoms with E-state index in [-0.39, 0.29) is 33.8 Å². The summed E-state index contributed by atoms with van der Waals surface area (Å²) in [6, 6.07) is 0. The van der Waals surface area contributed by atoms with Gasteiger partial charge >= 0.3 is 0 Å². The SMILES string of the molecule is C=C1C(=CC=C2CCC[C@@]3(C)C2CC[C@@H]3[C@H](C)OCCC(C)(C)O)C[C@@H](O[Si](C)(C)C(C)(C)C)C[C@@H]1O[Si](C)(C)C(C)(C)C. The van der Waals surface area contributed by atoms with Crippen LogP contribution in [0.4, 0.5) is 0 Å². The molecule has 0 radical (unpaired) electrons. The van der Waals surface area contributed by atoms with Crippen LogP contribution in [0.25, 0.3) is 0 Å². The number of ether oxygens (including phenoxy) is 1. The molecule has 4 nitrogen and oxygen atoms in total. The van der Waals surface area contributed by atoms with Crippen molar-refractivity contribution in [3.05, 3.63) is 35.5 Å². The van der Waals surface area contributed by atoms with E-state index < -0.39 is 22.2 Å². The zero-order valence-corrected chi connectivity index (χ0v) is 33.3. The fourth-order valence-corrected chi connectivity index (χ4v) is 10.1.